The minimum atomic E-state index is -0.708. The smallest absolute Gasteiger partial charge is 0.245 e. The fourth-order valence-electron chi connectivity index (χ4n) is 6.17. The second kappa shape index (κ2) is 42.4. The van der Waals surface area contributed by atoms with Crippen LogP contribution >= 0.6 is 37.2 Å². The molecule has 9 N–H and O–H groups in total. The van der Waals surface area contributed by atoms with Gasteiger partial charge in [0.1, 0.15) is 6.04 Å². The van der Waals surface area contributed by atoms with Crippen molar-refractivity contribution in [3.8, 4) is 0 Å². The summed E-state index contributed by atoms with van der Waals surface area (Å²) in [6.07, 6.45) is 31.4. The van der Waals surface area contributed by atoms with E-state index in [0.717, 1.165) is 51.6 Å². The van der Waals surface area contributed by atoms with Crippen molar-refractivity contribution in [2.45, 2.75) is 199 Å². The molecule has 0 saturated heterocycles. The maximum Gasteiger partial charge on any atom is 0.245 e. The minimum absolute atomic E-state index is 0. The number of unbranched alkanes of at least 4 members (excludes halogenated alkanes) is 21. The van der Waals surface area contributed by atoms with Gasteiger partial charge in [0.25, 0.3) is 0 Å². The Bertz CT molecular complexity index is 762. The fourth-order valence-corrected chi connectivity index (χ4v) is 6.17. The van der Waals surface area contributed by atoms with E-state index >= 15 is 0 Å². The Kier molecular flexibility index (Phi) is 47.3. The van der Waals surface area contributed by atoms with Crippen LogP contribution in [0.15, 0.2) is 4.99 Å². The summed E-state index contributed by atoms with van der Waals surface area (Å²) in [5.41, 5.74) is 22.8. The van der Waals surface area contributed by atoms with Crippen LogP contribution in [0.2, 0.25) is 0 Å². The summed E-state index contributed by atoms with van der Waals surface area (Å²) in [6.45, 7) is 7.03. The zero-order valence-corrected chi connectivity index (χ0v) is 34.8. The van der Waals surface area contributed by atoms with Crippen molar-refractivity contribution in [3.63, 3.8) is 0 Å². The molecular formula is C38H82Cl3N7O2. The number of carbonyl (C=O) groups is 2. The van der Waals surface area contributed by atoms with Gasteiger partial charge in [-0.05, 0) is 51.5 Å². The first-order valence-corrected chi connectivity index (χ1v) is 20.0. The minimum Gasteiger partial charge on any atom is -0.370 e. The zero-order valence-electron chi connectivity index (χ0n) is 32.3. The molecule has 0 radical (unpaired) electrons. The number of nitrogens with two attached hydrogens (primary N) is 4. The van der Waals surface area contributed by atoms with Gasteiger partial charge in [-0.25, -0.2) is 0 Å². The lowest BCUT2D eigenvalue weighted by Crippen LogP contribution is -2.53. The number of rotatable bonds is 35. The monoisotopic (exact) mass is 774 g/mol. The van der Waals surface area contributed by atoms with E-state index < -0.39 is 12.1 Å². The zero-order chi connectivity index (χ0) is 34.8. The molecule has 0 aliphatic carbocycles. The summed E-state index contributed by atoms with van der Waals surface area (Å²) in [6, 6.07) is -1.28. The van der Waals surface area contributed by atoms with Crippen LogP contribution in [0.1, 0.15) is 187 Å². The molecule has 0 fully saturated rings. The second-order valence-electron chi connectivity index (χ2n) is 13.8. The molecule has 0 saturated carbocycles. The maximum absolute atomic E-state index is 13.9. The van der Waals surface area contributed by atoms with E-state index in [1.165, 1.54) is 116 Å². The number of aliphatic imine (C=N–C) groups is 1. The number of hydrogen-bond acceptors (Lipinski definition) is 5. The average molecular weight is 775 g/mol. The number of halogens is 3. The first-order valence-electron chi connectivity index (χ1n) is 20.0. The maximum atomic E-state index is 13.9. The molecule has 1 unspecified atom stereocenters. The predicted molar refractivity (Wildman–Crippen MR) is 224 cm³/mol. The summed E-state index contributed by atoms with van der Waals surface area (Å²) in [5.74, 6) is -0.226. The summed E-state index contributed by atoms with van der Waals surface area (Å²) in [4.78, 5) is 33.0. The van der Waals surface area contributed by atoms with Gasteiger partial charge in [0.15, 0.2) is 5.96 Å². The van der Waals surface area contributed by atoms with Gasteiger partial charge in [-0.1, -0.05) is 142 Å². The topological polar surface area (TPSA) is 166 Å². The van der Waals surface area contributed by atoms with Gasteiger partial charge >= 0.3 is 0 Å². The fraction of sp³-hybridized carbons (Fsp3) is 0.921. The molecule has 302 valence electrons. The van der Waals surface area contributed by atoms with Crippen LogP contribution in [-0.4, -0.2) is 60.9 Å². The molecule has 0 aliphatic heterocycles. The highest BCUT2D eigenvalue weighted by atomic mass is 35.5. The second-order valence-corrected chi connectivity index (χ2v) is 13.8. The van der Waals surface area contributed by atoms with Gasteiger partial charge in [-0.3, -0.25) is 14.6 Å². The van der Waals surface area contributed by atoms with Crippen LogP contribution in [0.25, 0.3) is 0 Å². The van der Waals surface area contributed by atoms with Crippen molar-refractivity contribution in [2.24, 2.45) is 27.9 Å². The molecule has 0 aromatic heterocycles. The molecule has 0 aromatic carbocycles. The Hall–Kier alpha value is -1.00. The molecule has 2 amide bonds. The first kappa shape index (κ1) is 55.8. The Morgan fingerprint density at radius 1 is 0.580 bits per heavy atom. The van der Waals surface area contributed by atoms with Crippen molar-refractivity contribution >= 4 is 55.0 Å². The molecule has 0 spiro atoms. The van der Waals surface area contributed by atoms with E-state index in [-0.39, 0.29) is 55.0 Å². The Morgan fingerprint density at radius 3 is 1.36 bits per heavy atom. The highest BCUT2D eigenvalue weighted by Crippen LogP contribution is 2.15. The van der Waals surface area contributed by atoms with Crippen molar-refractivity contribution in [1.82, 2.24) is 10.2 Å². The third-order valence-electron chi connectivity index (χ3n) is 9.24. The van der Waals surface area contributed by atoms with Crippen LogP contribution in [0.5, 0.6) is 0 Å². The number of nitrogens with one attached hydrogen (secondary N) is 1. The normalized spacial score (nSPS) is 11.8. The Balaban J connectivity index is -0.00000353. The number of guanidine groups is 1. The highest BCUT2D eigenvalue weighted by molar-refractivity contribution is 5.89. The van der Waals surface area contributed by atoms with Gasteiger partial charge in [0.2, 0.25) is 11.8 Å². The standard InChI is InChI=1S/C38H79N7O2.3ClH/c1-3-5-7-9-11-13-15-16-18-20-22-26-33-45(32-25-21-19-17-14-12-10-8-6-4-2)37(47)35(29-23-24-30-39)44-36(46)34(40)28-27-31-43-38(41)42;;;/h34-35H,3-33,39-40H2,1-2H3,(H,44,46)(H4,41,42,43);3*1H/t34?,35-;;;/m0.../s1. The van der Waals surface area contributed by atoms with Crippen molar-refractivity contribution in [1.29, 1.82) is 0 Å². The molecule has 9 nitrogen and oxygen atoms in total. The van der Waals surface area contributed by atoms with Gasteiger partial charge < -0.3 is 33.2 Å². The predicted octanol–water partition coefficient (Wildman–Crippen LogP) is 8.70. The summed E-state index contributed by atoms with van der Waals surface area (Å²) in [7, 11) is 0. The van der Waals surface area contributed by atoms with E-state index in [9.17, 15) is 9.59 Å². The number of nitrogens with zero attached hydrogens (tertiary/aromatic N) is 2. The molecule has 12 heteroatoms. The van der Waals surface area contributed by atoms with Crippen LogP contribution in [-0.2, 0) is 9.59 Å². The Morgan fingerprint density at radius 2 is 0.980 bits per heavy atom. The Labute approximate surface area is 327 Å². The van der Waals surface area contributed by atoms with Crippen LogP contribution in [0, 0.1) is 0 Å². The van der Waals surface area contributed by atoms with Crippen LogP contribution in [0.3, 0.4) is 0 Å². The molecule has 2 atom stereocenters. The molecular weight excluding hydrogens is 693 g/mol. The van der Waals surface area contributed by atoms with E-state index in [2.05, 4.69) is 24.2 Å². The van der Waals surface area contributed by atoms with E-state index in [4.69, 9.17) is 22.9 Å². The average Bonchev–Trinajstić information content (AvgIpc) is 3.06. The van der Waals surface area contributed by atoms with Gasteiger partial charge in [-0.2, -0.15) is 0 Å². The molecule has 0 rings (SSSR count). The number of carbonyl (C=O) groups excluding carboxylic acids is 2. The first-order chi connectivity index (χ1) is 22.9. The largest absolute Gasteiger partial charge is 0.370 e. The van der Waals surface area contributed by atoms with E-state index in [1.54, 1.807) is 0 Å². The van der Waals surface area contributed by atoms with E-state index in [0.29, 0.717) is 32.4 Å². The molecule has 0 aliphatic rings. The molecule has 50 heavy (non-hydrogen) atoms. The molecule has 0 bridgehead atoms. The lowest BCUT2D eigenvalue weighted by molar-refractivity contribution is -0.137. The quantitative estimate of drug-likeness (QED) is 0.0246. The number of hydrogen-bond donors (Lipinski definition) is 5. The van der Waals surface area contributed by atoms with Crippen molar-refractivity contribution < 1.29 is 9.59 Å². The lowest BCUT2D eigenvalue weighted by atomic mass is 10.0. The van der Waals surface area contributed by atoms with Crippen molar-refractivity contribution in [3.05, 3.63) is 0 Å². The van der Waals surface area contributed by atoms with Crippen LogP contribution < -0.4 is 28.3 Å². The summed E-state index contributed by atoms with van der Waals surface area (Å²) >= 11 is 0. The van der Waals surface area contributed by atoms with E-state index in [1.807, 2.05) is 4.90 Å². The van der Waals surface area contributed by atoms with Gasteiger partial charge in [-0.15, -0.1) is 37.2 Å². The number of amides is 2. The molecule has 0 heterocycles. The van der Waals surface area contributed by atoms with Crippen LogP contribution in [0.4, 0.5) is 0 Å². The summed E-state index contributed by atoms with van der Waals surface area (Å²) in [5, 5.41) is 3.01. The third-order valence-corrected chi connectivity index (χ3v) is 9.24. The van der Waals surface area contributed by atoms with Gasteiger partial charge in [0, 0.05) is 19.6 Å². The highest BCUT2D eigenvalue weighted by Gasteiger charge is 2.27. The van der Waals surface area contributed by atoms with Crippen molar-refractivity contribution in [2.75, 3.05) is 26.2 Å². The lowest BCUT2D eigenvalue weighted by Gasteiger charge is -2.29. The van der Waals surface area contributed by atoms with Gasteiger partial charge in [0.05, 0.1) is 6.04 Å². The molecule has 0 aromatic rings. The SMILES string of the molecule is CCCCCCCCCCCCCCN(CCCCCCCCCCCC)C(=O)[C@H](CCCCN)NC(=O)C(N)CCCN=C(N)N.Cl.Cl.Cl. The summed E-state index contributed by atoms with van der Waals surface area (Å²) < 4.78 is 0. The third kappa shape index (κ3) is 35.4.